The number of likely N-dealkylation sites (N-methyl/N-ethyl adjacent to an activating group) is 1. The predicted molar refractivity (Wildman–Crippen MR) is 66.7 cm³/mol. The summed E-state index contributed by atoms with van der Waals surface area (Å²) in [6, 6.07) is 1.10. The summed E-state index contributed by atoms with van der Waals surface area (Å²) in [5.74, 6) is 0.768. The predicted octanol–water partition coefficient (Wildman–Crippen LogP) is 0.868. The van der Waals surface area contributed by atoms with Crippen molar-refractivity contribution in [1.29, 1.82) is 0 Å². The fraction of sp³-hybridized carbons (Fsp3) is 0.923. The van der Waals surface area contributed by atoms with Crippen molar-refractivity contribution in [2.24, 2.45) is 11.8 Å². The fourth-order valence-corrected chi connectivity index (χ4v) is 3.14. The molecule has 0 amide bonds. The number of methoxy groups -OCH3 is 1. The highest BCUT2D eigenvalue weighted by Crippen LogP contribution is 2.34. The Bertz CT molecular complexity index is 283. The minimum atomic E-state index is -0.0538. The molecule has 4 nitrogen and oxygen atoms in total. The zero-order valence-corrected chi connectivity index (χ0v) is 11.1. The van der Waals surface area contributed by atoms with Crippen molar-refractivity contribution in [1.82, 2.24) is 10.2 Å². The summed E-state index contributed by atoms with van der Waals surface area (Å²) in [4.78, 5) is 14.2. The third-order valence-electron chi connectivity index (χ3n) is 4.47. The lowest BCUT2D eigenvalue weighted by atomic mass is 9.78. The molecule has 1 heterocycles. The summed E-state index contributed by atoms with van der Waals surface area (Å²) in [5, 5.41) is 3.31. The first kappa shape index (κ1) is 12.8. The monoisotopic (exact) mass is 240 g/mol. The van der Waals surface area contributed by atoms with Gasteiger partial charge in [0.2, 0.25) is 0 Å². The second-order valence-electron chi connectivity index (χ2n) is 5.52. The van der Waals surface area contributed by atoms with Crippen LogP contribution in [0.3, 0.4) is 0 Å². The van der Waals surface area contributed by atoms with Crippen LogP contribution in [0.1, 0.15) is 26.2 Å². The second kappa shape index (κ2) is 5.36. The van der Waals surface area contributed by atoms with Crippen molar-refractivity contribution in [2.75, 3.05) is 27.2 Å². The number of ether oxygens (including phenoxy) is 1. The number of hydrogen-bond donors (Lipinski definition) is 1. The standard InChI is InChI=1S/C13H24N2O2/c1-9-4-5-12(9)15-7-10(13(16)17-3)6-11(8-15)14-2/h9-12,14H,4-8H2,1-3H3. The first-order chi connectivity index (χ1) is 8.15. The number of rotatable bonds is 3. The average molecular weight is 240 g/mol. The fourth-order valence-electron chi connectivity index (χ4n) is 3.14. The molecule has 2 fully saturated rings. The highest BCUT2D eigenvalue weighted by molar-refractivity contribution is 5.72. The molecule has 0 radical (unpaired) electrons. The van der Waals surface area contributed by atoms with Crippen molar-refractivity contribution < 1.29 is 9.53 Å². The van der Waals surface area contributed by atoms with E-state index >= 15 is 0 Å². The van der Waals surface area contributed by atoms with Gasteiger partial charge in [-0.05, 0) is 32.2 Å². The van der Waals surface area contributed by atoms with Crippen LogP contribution < -0.4 is 5.32 Å². The molecule has 0 aromatic rings. The van der Waals surface area contributed by atoms with Crippen molar-refractivity contribution >= 4 is 5.97 Å². The molecule has 98 valence electrons. The van der Waals surface area contributed by atoms with Crippen molar-refractivity contribution in [3.63, 3.8) is 0 Å². The van der Waals surface area contributed by atoms with E-state index < -0.39 is 0 Å². The quantitative estimate of drug-likeness (QED) is 0.743. The van der Waals surface area contributed by atoms with Gasteiger partial charge in [-0.25, -0.2) is 0 Å². The number of hydrogen-bond acceptors (Lipinski definition) is 4. The summed E-state index contributed by atoms with van der Waals surface area (Å²) < 4.78 is 4.90. The molecule has 0 bridgehead atoms. The van der Waals surface area contributed by atoms with Crippen molar-refractivity contribution in [3.8, 4) is 0 Å². The topological polar surface area (TPSA) is 41.6 Å². The van der Waals surface area contributed by atoms with Crippen LogP contribution in [-0.4, -0.2) is 50.2 Å². The third-order valence-corrected chi connectivity index (χ3v) is 4.47. The molecule has 1 saturated carbocycles. The summed E-state index contributed by atoms with van der Waals surface area (Å²) >= 11 is 0. The van der Waals surface area contributed by atoms with Gasteiger partial charge in [-0.3, -0.25) is 9.69 Å². The number of piperidine rings is 1. The van der Waals surface area contributed by atoms with Gasteiger partial charge in [-0.1, -0.05) is 6.92 Å². The summed E-state index contributed by atoms with van der Waals surface area (Å²) in [6.45, 7) is 4.25. The number of esters is 1. The average Bonchev–Trinajstić information content (AvgIpc) is 2.35. The van der Waals surface area contributed by atoms with Crippen LogP contribution in [0.2, 0.25) is 0 Å². The molecule has 2 aliphatic rings. The van der Waals surface area contributed by atoms with Crippen LogP contribution in [0.4, 0.5) is 0 Å². The lowest BCUT2D eigenvalue weighted by Gasteiger charge is -2.47. The van der Waals surface area contributed by atoms with Crippen LogP contribution in [0, 0.1) is 11.8 Å². The zero-order chi connectivity index (χ0) is 12.4. The summed E-state index contributed by atoms with van der Waals surface area (Å²) in [5.41, 5.74) is 0. The van der Waals surface area contributed by atoms with Crippen LogP contribution in [0.15, 0.2) is 0 Å². The maximum atomic E-state index is 11.7. The minimum Gasteiger partial charge on any atom is -0.469 e. The zero-order valence-electron chi connectivity index (χ0n) is 11.1. The normalized spacial score (nSPS) is 38.5. The van der Waals surface area contributed by atoms with Gasteiger partial charge in [-0.15, -0.1) is 0 Å². The second-order valence-corrected chi connectivity index (χ2v) is 5.52. The van der Waals surface area contributed by atoms with Gasteiger partial charge in [0.05, 0.1) is 13.0 Å². The van der Waals surface area contributed by atoms with E-state index in [2.05, 4.69) is 17.1 Å². The Morgan fingerprint density at radius 3 is 2.59 bits per heavy atom. The van der Waals surface area contributed by atoms with Crippen LogP contribution in [-0.2, 0) is 9.53 Å². The van der Waals surface area contributed by atoms with Gasteiger partial charge in [0, 0.05) is 25.2 Å². The molecule has 0 spiro atoms. The summed E-state index contributed by atoms with van der Waals surface area (Å²) in [7, 11) is 3.47. The van der Waals surface area contributed by atoms with E-state index in [4.69, 9.17) is 4.74 Å². The van der Waals surface area contributed by atoms with E-state index in [0.717, 1.165) is 25.4 Å². The van der Waals surface area contributed by atoms with E-state index in [1.165, 1.54) is 20.0 Å². The van der Waals surface area contributed by atoms with Crippen LogP contribution in [0.25, 0.3) is 0 Å². The Morgan fingerprint density at radius 1 is 1.35 bits per heavy atom. The number of carbonyl (C=O) groups is 1. The molecule has 4 heteroatoms. The number of likely N-dealkylation sites (tertiary alicyclic amines) is 1. The van der Waals surface area contributed by atoms with Gasteiger partial charge >= 0.3 is 5.97 Å². The molecule has 1 aliphatic heterocycles. The molecule has 0 aromatic heterocycles. The van der Waals surface area contributed by atoms with Gasteiger partial charge in [0.25, 0.3) is 0 Å². The Labute approximate surface area is 104 Å². The number of nitrogens with one attached hydrogen (secondary N) is 1. The Hall–Kier alpha value is -0.610. The Kier molecular flexibility index (Phi) is 4.05. The van der Waals surface area contributed by atoms with Gasteiger partial charge in [0.1, 0.15) is 0 Å². The molecular formula is C13H24N2O2. The highest BCUT2D eigenvalue weighted by atomic mass is 16.5. The number of carbonyl (C=O) groups excluding carboxylic acids is 1. The molecule has 1 saturated heterocycles. The first-order valence-corrected chi connectivity index (χ1v) is 6.64. The van der Waals surface area contributed by atoms with Gasteiger partial charge < -0.3 is 10.1 Å². The minimum absolute atomic E-state index is 0.0407. The molecular weight excluding hydrogens is 216 g/mol. The van der Waals surface area contributed by atoms with Gasteiger partial charge in [0.15, 0.2) is 0 Å². The van der Waals surface area contributed by atoms with E-state index in [-0.39, 0.29) is 11.9 Å². The molecule has 17 heavy (non-hydrogen) atoms. The molecule has 2 rings (SSSR count). The largest absolute Gasteiger partial charge is 0.469 e. The van der Waals surface area contributed by atoms with E-state index in [1.807, 2.05) is 7.05 Å². The van der Waals surface area contributed by atoms with E-state index in [1.54, 1.807) is 0 Å². The van der Waals surface area contributed by atoms with Gasteiger partial charge in [-0.2, -0.15) is 0 Å². The first-order valence-electron chi connectivity index (χ1n) is 6.64. The maximum absolute atomic E-state index is 11.7. The smallest absolute Gasteiger partial charge is 0.310 e. The lowest BCUT2D eigenvalue weighted by molar-refractivity contribution is -0.148. The highest BCUT2D eigenvalue weighted by Gasteiger charge is 2.39. The molecule has 4 atom stereocenters. The van der Waals surface area contributed by atoms with Crippen molar-refractivity contribution in [2.45, 2.75) is 38.3 Å². The number of nitrogens with zero attached hydrogens (tertiary/aromatic N) is 1. The SMILES string of the molecule is CNC1CC(C(=O)OC)CN(C2CCC2C)C1. The van der Waals surface area contributed by atoms with Crippen molar-refractivity contribution in [3.05, 3.63) is 0 Å². The lowest BCUT2D eigenvalue weighted by Crippen LogP contribution is -2.57. The van der Waals surface area contributed by atoms with E-state index in [9.17, 15) is 4.79 Å². The third kappa shape index (κ3) is 2.63. The Morgan fingerprint density at radius 2 is 2.12 bits per heavy atom. The molecule has 4 unspecified atom stereocenters. The molecule has 1 N–H and O–H groups in total. The maximum Gasteiger partial charge on any atom is 0.310 e. The summed E-state index contributed by atoms with van der Waals surface area (Å²) in [6.07, 6.45) is 3.51. The molecule has 0 aromatic carbocycles. The van der Waals surface area contributed by atoms with Crippen LogP contribution >= 0.6 is 0 Å². The van der Waals surface area contributed by atoms with Crippen LogP contribution in [0.5, 0.6) is 0 Å². The van der Waals surface area contributed by atoms with E-state index in [0.29, 0.717) is 12.1 Å². The molecule has 1 aliphatic carbocycles. The Balaban J connectivity index is 1.99.